The zero-order chi connectivity index (χ0) is 11.4. The van der Waals surface area contributed by atoms with Gasteiger partial charge < -0.3 is 14.6 Å². The monoisotopic (exact) mass is 220 g/mol. The van der Waals surface area contributed by atoms with Crippen molar-refractivity contribution in [1.82, 2.24) is 0 Å². The average molecular weight is 220 g/mol. The molecule has 1 aliphatic heterocycles. The molecule has 1 unspecified atom stereocenters. The molecule has 1 atom stereocenters. The molecule has 1 aliphatic rings. The molecule has 1 aromatic carbocycles. The first-order valence-electron chi connectivity index (χ1n) is 5.33. The van der Waals surface area contributed by atoms with Gasteiger partial charge in [0.1, 0.15) is 11.4 Å². The number of benzene rings is 1. The molecule has 16 heavy (non-hydrogen) atoms. The van der Waals surface area contributed by atoms with Gasteiger partial charge in [0.05, 0.1) is 20.3 Å². The van der Waals surface area contributed by atoms with Gasteiger partial charge in [0.2, 0.25) is 0 Å². The Morgan fingerprint density at radius 1 is 1.38 bits per heavy atom. The lowest BCUT2D eigenvalue weighted by Gasteiger charge is -2.24. The van der Waals surface area contributed by atoms with Crippen LogP contribution in [0.3, 0.4) is 0 Å². The lowest BCUT2D eigenvalue weighted by Crippen LogP contribution is -2.34. The van der Waals surface area contributed by atoms with E-state index in [1.165, 1.54) is 0 Å². The van der Waals surface area contributed by atoms with Crippen molar-refractivity contribution in [3.8, 4) is 5.75 Å². The van der Waals surface area contributed by atoms with E-state index in [2.05, 4.69) is 0 Å². The number of aliphatic hydroxyl groups excluding tert-OH is 1. The molecule has 0 bridgehead atoms. The summed E-state index contributed by atoms with van der Waals surface area (Å²) < 4.78 is 10.7. The summed E-state index contributed by atoms with van der Waals surface area (Å²) in [5, 5.41) is 9.38. The van der Waals surface area contributed by atoms with Crippen molar-refractivity contribution in [2.45, 2.75) is 12.0 Å². The van der Waals surface area contributed by atoms with Crippen LogP contribution in [0.5, 0.6) is 5.75 Å². The summed E-state index contributed by atoms with van der Waals surface area (Å²) in [5.74, 6) is 0.838. The van der Waals surface area contributed by atoms with Gasteiger partial charge in [-0.2, -0.15) is 0 Å². The summed E-state index contributed by atoms with van der Waals surface area (Å²) >= 11 is 0. The SMILES string of the molecule is COc1ccc(CC2(CO)C=CCO2)cc1. The van der Waals surface area contributed by atoms with Crippen LogP contribution in [-0.2, 0) is 11.2 Å². The Hall–Kier alpha value is -1.32. The van der Waals surface area contributed by atoms with Crippen LogP contribution in [-0.4, -0.2) is 31.0 Å². The molecule has 0 aromatic heterocycles. The molecule has 0 fully saturated rings. The van der Waals surface area contributed by atoms with Crippen LogP contribution in [0.2, 0.25) is 0 Å². The number of hydrogen-bond acceptors (Lipinski definition) is 3. The molecule has 0 amide bonds. The highest BCUT2D eigenvalue weighted by Gasteiger charge is 2.30. The normalized spacial score (nSPS) is 23.6. The van der Waals surface area contributed by atoms with Crippen molar-refractivity contribution >= 4 is 0 Å². The number of rotatable bonds is 4. The Balaban J connectivity index is 2.10. The predicted molar refractivity (Wildman–Crippen MR) is 61.6 cm³/mol. The van der Waals surface area contributed by atoms with Crippen molar-refractivity contribution in [3.63, 3.8) is 0 Å². The maximum atomic E-state index is 9.38. The number of methoxy groups -OCH3 is 1. The first-order chi connectivity index (χ1) is 7.78. The highest BCUT2D eigenvalue weighted by atomic mass is 16.5. The van der Waals surface area contributed by atoms with Crippen molar-refractivity contribution in [2.75, 3.05) is 20.3 Å². The largest absolute Gasteiger partial charge is 0.497 e. The fraction of sp³-hybridized carbons (Fsp3) is 0.385. The van der Waals surface area contributed by atoms with Crippen LogP contribution in [0.25, 0.3) is 0 Å². The maximum Gasteiger partial charge on any atom is 0.118 e. The molecule has 1 aromatic rings. The third-order valence-electron chi connectivity index (χ3n) is 2.82. The number of aliphatic hydroxyl groups is 1. The molecular weight excluding hydrogens is 204 g/mol. The van der Waals surface area contributed by atoms with Gasteiger partial charge in [-0.25, -0.2) is 0 Å². The van der Waals surface area contributed by atoms with Crippen molar-refractivity contribution in [3.05, 3.63) is 42.0 Å². The molecule has 0 spiro atoms. The van der Waals surface area contributed by atoms with E-state index in [0.717, 1.165) is 11.3 Å². The highest BCUT2D eigenvalue weighted by molar-refractivity contribution is 5.29. The molecule has 0 saturated carbocycles. The standard InChI is InChI=1S/C13H16O3/c1-15-12-5-3-11(4-6-12)9-13(10-14)7-2-8-16-13/h2-7,14H,8-10H2,1H3. The Morgan fingerprint density at radius 3 is 2.62 bits per heavy atom. The van der Waals surface area contributed by atoms with Crippen LogP contribution in [0.4, 0.5) is 0 Å². The van der Waals surface area contributed by atoms with Gasteiger partial charge in [0, 0.05) is 6.42 Å². The zero-order valence-electron chi connectivity index (χ0n) is 9.35. The summed E-state index contributed by atoms with van der Waals surface area (Å²) in [4.78, 5) is 0. The lowest BCUT2D eigenvalue weighted by atomic mass is 9.95. The van der Waals surface area contributed by atoms with Crippen molar-refractivity contribution in [2.24, 2.45) is 0 Å². The van der Waals surface area contributed by atoms with E-state index >= 15 is 0 Å². The second-order valence-corrected chi connectivity index (χ2v) is 3.96. The number of ether oxygens (including phenoxy) is 2. The van der Waals surface area contributed by atoms with Crippen molar-refractivity contribution < 1.29 is 14.6 Å². The van der Waals surface area contributed by atoms with Gasteiger partial charge in [0.25, 0.3) is 0 Å². The zero-order valence-corrected chi connectivity index (χ0v) is 9.35. The van der Waals surface area contributed by atoms with E-state index in [4.69, 9.17) is 9.47 Å². The van der Waals surface area contributed by atoms with Crippen LogP contribution >= 0.6 is 0 Å². The first-order valence-corrected chi connectivity index (χ1v) is 5.33. The predicted octanol–water partition coefficient (Wildman–Crippen LogP) is 1.56. The highest BCUT2D eigenvalue weighted by Crippen LogP contribution is 2.24. The van der Waals surface area contributed by atoms with E-state index in [9.17, 15) is 5.11 Å². The van der Waals surface area contributed by atoms with Crippen molar-refractivity contribution in [1.29, 1.82) is 0 Å². The molecule has 1 N–H and O–H groups in total. The molecule has 0 aliphatic carbocycles. The van der Waals surface area contributed by atoms with Gasteiger partial charge in [-0.05, 0) is 17.7 Å². The van der Waals surface area contributed by atoms with Crippen LogP contribution in [0.1, 0.15) is 5.56 Å². The van der Waals surface area contributed by atoms with E-state index in [-0.39, 0.29) is 6.61 Å². The third kappa shape index (κ3) is 2.26. The summed E-state index contributed by atoms with van der Waals surface area (Å²) in [5.41, 5.74) is 0.593. The molecule has 0 radical (unpaired) electrons. The maximum absolute atomic E-state index is 9.38. The smallest absolute Gasteiger partial charge is 0.118 e. The Bertz CT molecular complexity index is 369. The Morgan fingerprint density at radius 2 is 2.12 bits per heavy atom. The van der Waals surface area contributed by atoms with E-state index in [1.54, 1.807) is 7.11 Å². The second-order valence-electron chi connectivity index (χ2n) is 3.96. The number of hydrogen-bond donors (Lipinski definition) is 1. The summed E-state index contributed by atoms with van der Waals surface area (Å²) in [7, 11) is 1.65. The third-order valence-corrected chi connectivity index (χ3v) is 2.82. The summed E-state index contributed by atoms with van der Waals surface area (Å²) in [6, 6.07) is 7.82. The van der Waals surface area contributed by atoms with E-state index in [0.29, 0.717) is 13.0 Å². The molecule has 0 saturated heterocycles. The first kappa shape index (κ1) is 11.2. The second kappa shape index (κ2) is 4.68. The molecule has 3 nitrogen and oxygen atoms in total. The minimum Gasteiger partial charge on any atom is -0.497 e. The quantitative estimate of drug-likeness (QED) is 0.782. The van der Waals surface area contributed by atoms with Crippen LogP contribution < -0.4 is 4.74 Å². The molecule has 3 heteroatoms. The molecular formula is C13H16O3. The minimum absolute atomic E-state index is 0.00945. The van der Waals surface area contributed by atoms with E-state index < -0.39 is 5.60 Å². The topological polar surface area (TPSA) is 38.7 Å². The van der Waals surface area contributed by atoms with Gasteiger partial charge in [-0.3, -0.25) is 0 Å². The fourth-order valence-corrected chi connectivity index (χ4v) is 1.88. The fourth-order valence-electron chi connectivity index (χ4n) is 1.88. The lowest BCUT2D eigenvalue weighted by molar-refractivity contribution is -0.0171. The molecule has 1 heterocycles. The van der Waals surface area contributed by atoms with Crippen LogP contribution in [0.15, 0.2) is 36.4 Å². The van der Waals surface area contributed by atoms with Gasteiger partial charge in [-0.1, -0.05) is 24.3 Å². The van der Waals surface area contributed by atoms with Crippen LogP contribution in [0, 0.1) is 0 Å². The molecule has 2 rings (SSSR count). The van der Waals surface area contributed by atoms with Gasteiger partial charge >= 0.3 is 0 Å². The summed E-state index contributed by atoms with van der Waals surface area (Å²) in [6.45, 7) is 0.590. The van der Waals surface area contributed by atoms with Gasteiger partial charge in [-0.15, -0.1) is 0 Å². The van der Waals surface area contributed by atoms with Gasteiger partial charge in [0.15, 0.2) is 0 Å². The Labute approximate surface area is 95.3 Å². The Kier molecular flexibility index (Phi) is 3.27. The molecule has 86 valence electrons. The van der Waals surface area contributed by atoms with E-state index in [1.807, 2.05) is 36.4 Å². The average Bonchev–Trinajstić information content (AvgIpc) is 2.79. The summed E-state index contributed by atoms with van der Waals surface area (Å²) in [6.07, 6.45) is 4.57. The minimum atomic E-state index is -0.533.